The quantitative estimate of drug-likeness (QED) is 0.878. The Kier molecular flexibility index (Phi) is 4.21. The SMILES string of the molecule is CCn1cc(N)c(C(=O)OCc2ccccc2Br)n1. The summed E-state index contributed by atoms with van der Waals surface area (Å²) >= 11 is 3.40. The Morgan fingerprint density at radius 1 is 1.47 bits per heavy atom. The van der Waals surface area contributed by atoms with Gasteiger partial charge < -0.3 is 10.5 Å². The van der Waals surface area contributed by atoms with Gasteiger partial charge in [0.05, 0.1) is 5.69 Å². The molecule has 1 aromatic heterocycles. The lowest BCUT2D eigenvalue weighted by Gasteiger charge is -2.05. The van der Waals surface area contributed by atoms with Crippen molar-refractivity contribution in [1.82, 2.24) is 9.78 Å². The number of hydrogen-bond donors (Lipinski definition) is 1. The lowest BCUT2D eigenvalue weighted by molar-refractivity contribution is 0.0465. The number of nitrogen functional groups attached to an aromatic ring is 1. The summed E-state index contributed by atoms with van der Waals surface area (Å²) in [4.78, 5) is 11.9. The zero-order chi connectivity index (χ0) is 13.8. The zero-order valence-electron chi connectivity index (χ0n) is 10.5. The molecule has 0 saturated heterocycles. The third-order valence-electron chi connectivity index (χ3n) is 2.62. The fourth-order valence-electron chi connectivity index (χ4n) is 1.58. The topological polar surface area (TPSA) is 70.1 Å². The molecule has 0 aliphatic heterocycles. The smallest absolute Gasteiger partial charge is 0.361 e. The van der Waals surface area contributed by atoms with Gasteiger partial charge in [-0.1, -0.05) is 34.1 Å². The van der Waals surface area contributed by atoms with E-state index >= 15 is 0 Å². The lowest BCUT2D eigenvalue weighted by atomic mass is 10.2. The number of anilines is 1. The van der Waals surface area contributed by atoms with Crippen molar-refractivity contribution >= 4 is 27.6 Å². The Morgan fingerprint density at radius 3 is 2.84 bits per heavy atom. The van der Waals surface area contributed by atoms with E-state index in [0.29, 0.717) is 12.2 Å². The molecule has 0 spiro atoms. The molecule has 2 N–H and O–H groups in total. The van der Waals surface area contributed by atoms with Crippen molar-refractivity contribution in [1.29, 1.82) is 0 Å². The Labute approximate surface area is 119 Å². The van der Waals surface area contributed by atoms with Crippen molar-refractivity contribution in [2.24, 2.45) is 0 Å². The molecule has 0 saturated carbocycles. The molecule has 100 valence electrons. The third-order valence-corrected chi connectivity index (χ3v) is 3.40. The number of rotatable bonds is 4. The number of aryl methyl sites for hydroxylation is 1. The number of carbonyl (C=O) groups excluding carboxylic acids is 1. The molecular formula is C13H14BrN3O2. The molecule has 6 heteroatoms. The first-order chi connectivity index (χ1) is 9.11. The molecule has 0 unspecified atom stereocenters. The van der Waals surface area contributed by atoms with Crippen LogP contribution < -0.4 is 5.73 Å². The highest BCUT2D eigenvalue weighted by Crippen LogP contribution is 2.18. The molecule has 2 rings (SSSR count). The van der Waals surface area contributed by atoms with Gasteiger partial charge in [-0.05, 0) is 13.0 Å². The minimum atomic E-state index is -0.513. The van der Waals surface area contributed by atoms with Crippen LogP contribution in [0.3, 0.4) is 0 Å². The van der Waals surface area contributed by atoms with Crippen LogP contribution in [0.2, 0.25) is 0 Å². The molecule has 0 bridgehead atoms. The number of esters is 1. The van der Waals surface area contributed by atoms with Crippen molar-refractivity contribution in [3.63, 3.8) is 0 Å². The van der Waals surface area contributed by atoms with E-state index in [1.165, 1.54) is 0 Å². The van der Waals surface area contributed by atoms with Crippen LogP contribution in [0.1, 0.15) is 23.0 Å². The zero-order valence-corrected chi connectivity index (χ0v) is 12.1. The average Bonchev–Trinajstić information content (AvgIpc) is 2.79. The Bertz CT molecular complexity index is 595. The summed E-state index contributed by atoms with van der Waals surface area (Å²) in [7, 11) is 0. The van der Waals surface area contributed by atoms with Crippen LogP contribution in [0.15, 0.2) is 34.9 Å². The van der Waals surface area contributed by atoms with E-state index in [1.54, 1.807) is 10.9 Å². The van der Waals surface area contributed by atoms with Gasteiger partial charge in [0.15, 0.2) is 5.69 Å². The van der Waals surface area contributed by atoms with Crippen molar-refractivity contribution in [3.05, 3.63) is 46.2 Å². The first-order valence-corrected chi connectivity index (χ1v) is 6.64. The molecular weight excluding hydrogens is 310 g/mol. The summed E-state index contributed by atoms with van der Waals surface area (Å²) in [5.41, 5.74) is 7.11. The summed E-state index contributed by atoms with van der Waals surface area (Å²) in [6, 6.07) is 7.55. The molecule has 5 nitrogen and oxygen atoms in total. The minimum absolute atomic E-state index is 0.161. The lowest BCUT2D eigenvalue weighted by Crippen LogP contribution is -2.09. The van der Waals surface area contributed by atoms with Crippen LogP contribution in [-0.4, -0.2) is 15.7 Å². The summed E-state index contributed by atoms with van der Waals surface area (Å²) in [5.74, 6) is -0.513. The maximum atomic E-state index is 11.9. The van der Waals surface area contributed by atoms with Crippen LogP contribution in [-0.2, 0) is 17.9 Å². The highest BCUT2D eigenvalue weighted by Gasteiger charge is 2.16. The Hall–Kier alpha value is -1.82. The first kappa shape index (κ1) is 13.6. The summed E-state index contributed by atoms with van der Waals surface area (Å²) in [6.07, 6.45) is 1.62. The average molecular weight is 324 g/mol. The molecule has 2 aromatic rings. The van der Waals surface area contributed by atoms with Crippen LogP contribution in [0, 0.1) is 0 Å². The van der Waals surface area contributed by atoms with E-state index in [-0.39, 0.29) is 12.3 Å². The second-order valence-electron chi connectivity index (χ2n) is 3.96. The summed E-state index contributed by atoms with van der Waals surface area (Å²) < 4.78 is 7.71. The number of nitrogens with two attached hydrogens (primary N) is 1. The molecule has 0 aliphatic carbocycles. The maximum Gasteiger partial charge on any atom is 0.361 e. The van der Waals surface area contributed by atoms with Crippen molar-refractivity contribution in [3.8, 4) is 0 Å². The van der Waals surface area contributed by atoms with Crippen LogP contribution in [0.5, 0.6) is 0 Å². The number of nitrogens with zero attached hydrogens (tertiary/aromatic N) is 2. The summed E-state index contributed by atoms with van der Waals surface area (Å²) in [5, 5.41) is 4.07. The molecule has 0 amide bonds. The standard InChI is InChI=1S/C13H14BrN3O2/c1-2-17-7-11(15)12(16-17)13(18)19-8-9-5-3-4-6-10(9)14/h3-7H,2,8,15H2,1H3. The summed E-state index contributed by atoms with van der Waals surface area (Å²) in [6.45, 7) is 2.75. The largest absolute Gasteiger partial charge is 0.456 e. The second-order valence-corrected chi connectivity index (χ2v) is 4.81. The molecule has 19 heavy (non-hydrogen) atoms. The monoisotopic (exact) mass is 323 g/mol. The fourth-order valence-corrected chi connectivity index (χ4v) is 1.98. The number of halogens is 1. The number of hydrogen-bond acceptors (Lipinski definition) is 4. The number of ether oxygens (including phenoxy) is 1. The highest BCUT2D eigenvalue weighted by atomic mass is 79.9. The van der Waals surface area contributed by atoms with Gasteiger partial charge in [0, 0.05) is 22.8 Å². The molecule has 1 aromatic carbocycles. The molecule has 0 aliphatic rings. The van der Waals surface area contributed by atoms with Gasteiger partial charge in [-0.3, -0.25) is 4.68 Å². The van der Waals surface area contributed by atoms with E-state index in [2.05, 4.69) is 21.0 Å². The fraction of sp³-hybridized carbons (Fsp3) is 0.231. The van der Waals surface area contributed by atoms with Crippen molar-refractivity contribution in [2.75, 3.05) is 5.73 Å². The van der Waals surface area contributed by atoms with E-state index in [0.717, 1.165) is 10.0 Å². The number of benzene rings is 1. The van der Waals surface area contributed by atoms with Gasteiger partial charge >= 0.3 is 5.97 Å². The van der Waals surface area contributed by atoms with Gasteiger partial charge in [0.2, 0.25) is 0 Å². The van der Waals surface area contributed by atoms with E-state index < -0.39 is 5.97 Å². The van der Waals surface area contributed by atoms with Gasteiger partial charge in [-0.15, -0.1) is 0 Å². The van der Waals surface area contributed by atoms with E-state index in [1.807, 2.05) is 31.2 Å². The van der Waals surface area contributed by atoms with Gasteiger partial charge in [0.1, 0.15) is 6.61 Å². The van der Waals surface area contributed by atoms with Crippen LogP contribution in [0.4, 0.5) is 5.69 Å². The van der Waals surface area contributed by atoms with Gasteiger partial charge in [-0.25, -0.2) is 4.79 Å². The Morgan fingerprint density at radius 2 is 2.21 bits per heavy atom. The maximum absolute atomic E-state index is 11.9. The number of carbonyl (C=O) groups is 1. The minimum Gasteiger partial charge on any atom is -0.456 e. The Balaban J connectivity index is 2.05. The predicted molar refractivity (Wildman–Crippen MR) is 75.6 cm³/mol. The van der Waals surface area contributed by atoms with E-state index in [9.17, 15) is 4.79 Å². The number of aromatic nitrogens is 2. The van der Waals surface area contributed by atoms with Gasteiger partial charge in [-0.2, -0.15) is 5.10 Å². The van der Waals surface area contributed by atoms with Crippen LogP contribution >= 0.6 is 15.9 Å². The van der Waals surface area contributed by atoms with Crippen molar-refractivity contribution in [2.45, 2.75) is 20.1 Å². The van der Waals surface area contributed by atoms with Crippen LogP contribution in [0.25, 0.3) is 0 Å². The highest BCUT2D eigenvalue weighted by molar-refractivity contribution is 9.10. The predicted octanol–water partition coefficient (Wildman–Crippen LogP) is 2.60. The molecule has 0 fully saturated rings. The normalized spacial score (nSPS) is 10.4. The second kappa shape index (κ2) is 5.88. The molecule has 0 radical (unpaired) electrons. The van der Waals surface area contributed by atoms with Crippen molar-refractivity contribution < 1.29 is 9.53 Å². The molecule has 1 heterocycles. The van der Waals surface area contributed by atoms with E-state index in [4.69, 9.17) is 10.5 Å². The third kappa shape index (κ3) is 3.14. The first-order valence-electron chi connectivity index (χ1n) is 5.85. The van der Waals surface area contributed by atoms with Gasteiger partial charge in [0.25, 0.3) is 0 Å². The molecule has 0 atom stereocenters.